The largest absolute Gasteiger partial charge is 0.491 e. The van der Waals surface area contributed by atoms with Crippen molar-refractivity contribution in [1.82, 2.24) is 5.32 Å². The molecule has 2 aromatic rings. The van der Waals surface area contributed by atoms with Crippen molar-refractivity contribution in [3.8, 4) is 5.75 Å². The van der Waals surface area contributed by atoms with Gasteiger partial charge in [-0.3, -0.25) is 0 Å². The number of ether oxygens (including phenoxy) is 1. The minimum Gasteiger partial charge on any atom is -0.491 e. The van der Waals surface area contributed by atoms with Gasteiger partial charge in [-0.25, -0.2) is 0 Å². The van der Waals surface area contributed by atoms with Crippen LogP contribution in [0.25, 0.3) is 0 Å². The summed E-state index contributed by atoms with van der Waals surface area (Å²) >= 11 is 13.9. The lowest BCUT2D eigenvalue weighted by Crippen LogP contribution is -2.09. The fourth-order valence-electron chi connectivity index (χ4n) is 1.80. The van der Waals surface area contributed by atoms with Crippen LogP contribution in [0.15, 0.2) is 29.0 Å². The molecule has 0 bridgehead atoms. The van der Waals surface area contributed by atoms with Crippen LogP contribution >= 0.6 is 34.5 Å². The molecule has 0 aliphatic rings. The van der Waals surface area contributed by atoms with Crippen molar-refractivity contribution >= 4 is 34.5 Å². The average molecular weight is 316 g/mol. The molecule has 0 saturated heterocycles. The molecule has 0 saturated carbocycles. The van der Waals surface area contributed by atoms with Crippen LogP contribution in [-0.4, -0.2) is 13.7 Å². The van der Waals surface area contributed by atoms with Crippen LogP contribution in [-0.2, 0) is 13.0 Å². The van der Waals surface area contributed by atoms with E-state index in [1.54, 1.807) is 17.4 Å². The van der Waals surface area contributed by atoms with Gasteiger partial charge in [-0.2, -0.15) is 11.3 Å². The molecule has 1 aromatic carbocycles. The van der Waals surface area contributed by atoms with Crippen LogP contribution < -0.4 is 10.1 Å². The number of benzene rings is 1. The molecule has 0 radical (unpaired) electrons. The summed E-state index contributed by atoms with van der Waals surface area (Å²) in [5.41, 5.74) is 2.26. The molecule has 0 aliphatic heterocycles. The third kappa shape index (κ3) is 4.11. The maximum atomic E-state index is 6.20. The van der Waals surface area contributed by atoms with E-state index in [9.17, 15) is 0 Å². The van der Waals surface area contributed by atoms with E-state index in [1.165, 1.54) is 5.56 Å². The Bertz CT molecular complexity index is 528. The summed E-state index contributed by atoms with van der Waals surface area (Å²) in [4.78, 5) is 0. The minimum atomic E-state index is 0.558. The molecule has 5 heteroatoms. The highest BCUT2D eigenvalue weighted by Crippen LogP contribution is 2.32. The summed E-state index contributed by atoms with van der Waals surface area (Å²) in [7, 11) is 1.88. The van der Waals surface area contributed by atoms with E-state index in [0.29, 0.717) is 23.2 Å². The van der Waals surface area contributed by atoms with Gasteiger partial charge < -0.3 is 10.1 Å². The van der Waals surface area contributed by atoms with E-state index in [0.717, 1.165) is 17.7 Å². The van der Waals surface area contributed by atoms with Gasteiger partial charge in [0.2, 0.25) is 0 Å². The Kier molecular flexibility index (Phi) is 5.52. The summed E-state index contributed by atoms with van der Waals surface area (Å²) in [5, 5.41) is 8.46. The predicted octanol–water partition coefficient (Wildman–Crippen LogP) is 4.40. The van der Waals surface area contributed by atoms with Crippen LogP contribution in [0.5, 0.6) is 5.75 Å². The number of nitrogens with one attached hydrogen (secondary N) is 1. The second-order valence-corrected chi connectivity index (χ2v) is 5.76. The van der Waals surface area contributed by atoms with Crippen molar-refractivity contribution in [2.75, 3.05) is 13.7 Å². The first kappa shape index (κ1) is 14.7. The first-order valence-electron chi connectivity index (χ1n) is 5.97. The lowest BCUT2D eigenvalue weighted by atomic mass is 10.2. The van der Waals surface area contributed by atoms with Crippen molar-refractivity contribution in [2.45, 2.75) is 13.0 Å². The van der Waals surface area contributed by atoms with Crippen LogP contribution in [0.3, 0.4) is 0 Å². The summed E-state index contributed by atoms with van der Waals surface area (Å²) < 4.78 is 5.82. The molecule has 0 atom stereocenters. The van der Waals surface area contributed by atoms with Gasteiger partial charge in [-0.05, 0) is 41.6 Å². The maximum absolute atomic E-state index is 6.20. The quantitative estimate of drug-likeness (QED) is 0.853. The summed E-state index contributed by atoms with van der Waals surface area (Å²) in [5.74, 6) is 0.718. The zero-order chi connectivity index (χ0) is 13.7. The van der Waals surface area contributed by atoms with Crippen LogP contribution in [0.2, 0.25) is 10.0 Å². The molecule has 0 unspecified atom stereocenters. The molecule has 1 heterocycles. The van der Waals surface area contributed by atoms with Gasteiger partial charge in [0.15, 0.2) is 0 Å². The van der Waals surface area contributed by atoms with Crippen LogP contribution in [0.1, 0.15) is 11.1 Å². The first-order valence-corrected chi connectivity index (χ1v) is 7.67. The normalized spacial score (nSPS) is 10.7. The summed E-state index contributed by atoms with van der Waals surface area (Å²) in [6, 6.07) is 5.69. The first-order chi connectivity index (χ1) is 9.20. The molecule has 1 aromatic heterocycles. The van der Waals surface area contributed by atoms with Gasteiger partial charge in [-0.15, -0.1) is 0 Å². The molecular weight excluding hydrogens is 301 g/mol. The molecule has 1 N–H and O–H groups in total. The molecule has 19 heavy (non-hydrogen) atoms. The lowest BCUT2D eigenvalue weighted by molar-refractivity contribution is 0.318. The van der Waals surface area contributed by atoms with E-state index in [1.807, 2.05) is 13.1 Å². The predicted molar refractivity (Wildman–Crippen MR) is 82.7 cm³/mol. The summed E-state index contributed by atoms with van der Waals surface area (Å²) in [6.07, 6.45) is 0.876. The van der Waals surface area contributed by atoms with Crippen molar-refractivity contribution < 1.29 is 4.74 Å². The molecule has 0 spiro atoms. The van der Waals surface area contributed by atoms with Gasteiger partial charge in [-0.1, -0.05) is 23.2 Å². The number of hydrogen-bond acceptors (Lipinski definition) is 3. The third-order valence-electron chi connectivity index (χ3n) is 2.67. The number of halogens is 2. The second kappa shape index (κ2) is 7.15. The van der Waals surface area contributed by atoms with E-state index < -0.39 is 0 Å². The number of thiophene rings is 1. The lowest BCUT2D eigenvalue weighted by Gasteiger charge is -2.13. The second-order valence-electron chi connectivity index (χ2n) is 4.14. The van der Waals surface area contributed by atoms with Crippen molar-refractivity contribution in [1.29, 1.82) is 0 Å². The zero-order valence-corrected chi connectivity index (χ0v) is 12.9. The van der Waals surface area contributed by atoms with Gasteiger partial charge in [0.1, 0.15) is 5.75 Å². The van der Waals surface area contributed by atoms with Gasteiger partial charge in [0, 0.05) is 23.6 Å². The van der Waals surface area contributed by atoms with Gasteiger partial charge in [0.25, 0.3) is 0 Å². The van der Waals surface area contributed by atoms with E-state index in [2.05, 4.69) is 22.1 Å². The van der Waals surface area contributed by atoms with E-state index in [4.69, 9.17) is 27.9 Å². The smallest absolute Gasteiger partial charge is 0.142 e. The molecule has 0 fully saturated rings. The molecular formula is C14H15Cl2NOS. The van der Waals surface area contributed by atoms with Gasteiger partial charge in [0.05, 0.1) is 11.6 Å². The summed E-state index contributed by atoms with van der Waals surface area (Å²) in [6.45, 7) is 1.28. The molecule has 2 nitrogen and oxygen atoms in total. The zero-order valence-electron chi connectivity index (χ0n) is 10.6. The number of rotatable bonds is 6. The molecule has 0 aliphatic carbocycles. The van der Waals surface area contributed by atoms with Crippen molar-refractivity contribution in [3.63, 3.8) is 0 Å². The minimum absolute atomic E-state index is 0.558. The van der Waals surface area contributed by atoms with Gasteiger partial charge >= 0.3 is 0 Å². The highest BCUT2D eigenvalue weighted by molar-refractivity contribution is 7.07. The Morgan fingerprint density at radius 2 is 2.16 bits per heavy atom. The Balaban J connectivity index is 2.05. The van der Waals surface area contributed by atoms with Crippen molar-refractivity contribution in [2.24, 2.45) is 0 Å². The van der Waals surface area contributed by atoms with Crippen LogP contribution in [0.4, 0.5) is 0 Å². The maximum Gasteiger partial charge on any atom is 0.142 e. The highest BCUT2D eigenvalue weighted by Gasteiger charge is 2.10. The standard InChI is InChI=1S/C14H15Cl2NOS/c1-17-8-11-6-12(15)7-13(16)14(11)18-4-2-10-3-5-19-9-10/h3,5-7,9,17H,2,4,8H2,1H3. The Morgan fingerprint density at radius 3 is 2.84 bits per heavy atom. The topological polar surface area (TPSA) is 21.3 Å². The monoisotopic (exact) mass is 315 g/mol. The fourth-order valence-corrected chi connectivity index (χ4v) is 3.10. The SMILES string of the molecule is CNCc1cc(Cl)cc(Cl)c1OCCc1ccsc1. The number of hydrogen-bond donors (Lipinski definition) is 1. The average Bonchev–Trinajstić information content (AvgIpc) is 2.86. The Labute approximate surface area is 127 Å². The molecule has 102 valence electrons. The highest BCUT2D eigenvalue weighted by atomic mass is 35.5. The van der Waals surface area contributed by atoms with Crippen molar-refractivity contribution in [3.05, 3.63) is 50.1 Å². The van der Waals surface area contributed by atoms with E-state index >= 15 is 0 Å². The van der Waals surface area contributed by atoms with E-state index in [-0.39, 0.29) is 0 Å². The Morgan fingerprint density at radius 1 is 1.32 bits per heavy atom. The Hall–Kier alpha value is -0.740. The molecule has 0 amide bonds. The third-order valence-corrected chi connectivity index (χ3v) is 3.90. The fraction of sp³-hybridized carbons (Fsp3) is 0.286. The van der Waals surface area contributed by atoms with Crippen LogP contribution in [0, 0.1) is 0 Å². The molecule has 2 rings (SSSR count).